The number of urea groups is 1. The Morgan fingerprint density at radius 2 is 1.89 bits per heavy atom. The van der Waals surface area contributed by atoms with E-state index in [2.05, 4.69) is 28.5 Å². The number of aryl methyl sites for hydroxylation is 2. The van der Waals surface area contributed by atoms with Crippen LogP contribution in [0.5, 0.6) is 0 Å². The molecule has 0 unspecified atom stereocenters. The lowest BCUT2D eigenvalue weighted by Gasteiger charge is -2.37. The number of hydrogen-bond donors (Lipinski definition) is 2. The van der Waals surface area contributed by atoms with Gasteiger partial charge in [0.05, 0.1) is 5.69 Å². The number of likely N-dealkylation sites (tertiary alicyclic amines) is 1. The molecule has 1 saturated heterocycles. The summed E-state index contributed by atoms with van der Waals surface area (Å²) in [6.45, 7) is 1.61. The van der Waals surface area contributed by atoms with Crippen molar-refractivity contribution in [3.8, 4) is 0 Å². The zero-order valence-corrected chi connectivity index (χ0v) is 15.7. The second-order valence-corrected chi connectivity index (χ2v) is 7.70. The number of aromatic nitrogens is 1. The van der Waals surface area contributed by atoms with Gasteiger partial charge in [-0.25, -0.2) is 4.79 Å². The quantitative estimate of drug-likeness (QED) is 0.878. The summed E-state index contributed by atoms with van der Waals surface area (Å²) in [7, 11) is 0. The summed E-state index contributed by atoms with van der Waals surface area (Å²) in [5.41, 5.74) is 3.81. The van der Waals surface area contributed by atoms with Crippen LogP contribution in [0.2, 0.25) is 0 Å². The van der Waals surface area contributed by atoms with Gasteiger partial charge in [0.1, 0.15) is 5.60 Å². The third-order valence-electron chi connectivity index (χ3n) is 5.88. The molecular weight excluding hydrogens is 338 g/mol. The number of rotatable bonds is 3. The first kappa shape index (κ1) is 18.0. The molecule has 0 saturated carbocycles. The standard InChI is InChI=1S/C22H27N3O2/c26-21(24-16-17-8-9-18-5-1-2-6-19(18)15-17)25-13-10-22(27,11-14-25)20-7-3-4-12-23-20/h3-4,7-9,12,15,27H,1-2,5-6,10-11,13-14,16H2,(H,24,26). The fourth-order valence-electron chi connectivity index (χ4n) is 4.16. The van der Waals surface area contributed by atoms with Crippen LogP contribution in [-0.4, -0.2) is 34.1 Å². The highest BCUT2D eigenvalue weighted by Crippen LogP contribution is 2.31. The van der Waals surface area contributed by atoms with Crippen molar-refractivity contribution >= 4 is 6.03 Å². The average Bonchev–Trinajstić information content (AvgIpc) is 2.73. The lowest BCUT2D eigenvalue weighted by atomic mass is 9.88. The second kappa shape index (κ2) is 7.69. The molecule has 2 heterocycles. The van der Waals surface area contributed by atoms with Crippen molar-refractivity contribution in [2.75, 3.05) is 13.1 Å². The molecule has 5 heteroatoms. The van der Waals surface area contributed by atoms with Crippen molar-refractivity contribution in [3.05, 3.63) is 65.0 Å². The maximum absolute atomic E-state index is 12.5. The van der Waals surface area contributed by atoms with Crippen molar-refractivity contribution in [1.82, 2.24) is 15.2 Å². The Morgan fingerprint density at radius 3 is 2.63 bits per heavy atom. The Bertz CT molecular complexity index is 798. The molecule has 5 nitrogen and oxygen atoms in total. The molecule has 1 fully saturated rings. The van der Waals surface area contributed by atoms with Crippen LogP contribution in [0.3, 0.4) is 0 Å². The van der Waals surface area contributed by atoms with Crippen LogP contribution in [0, 0.1) is 0 Å². The van der Waals surface area contributed by atoms with Crippen LogP contribution in [0.1, 0.15) is 48.1 Å². The Hall–Kier alpha value is -2.40. The largest absolute Gasteiger partial charge is 0.383 e. The molecule has 0 radical (unpaired) electrons. The highest BCUT2D eigenvalue weighted by molar-refractivity contribution is 5.74. The molecule has 1 aliphatic heterocycles. The van der Waals surface area contributed by atoms with Crippen LogP contribution in [0.25, 0.3) is 0 Å². The number of nitrogens with zero attached hydrogens (tertiary/aromatic N) is 2. The van der Waals surface area contributed by atoms with Crippen molar-refractivity contribution in [2.45, 2.75) is 50.7 Å². The van der Waals surface area contributed by atoms with E-state index in [0.717, 1.165) is 12.0 Å². The van der Waals surface area contributed by atoms with Gasteiger partial charge in [-0.2, -0.15) is 0 Å². The Kier molecular flexibility index (Phi) is 5.12. The average molecular weight is 365 g/mol. The second-order valence-electron chi connectivity index (χ2n) is 7.70. The molecule has 2 aromatic rings. The van der Waals surface area contributed by atoms with Gasteiger partial charge < -0.3 is 15.3 Å². The van der Waals surface area contributed by atoms with Gasteiger partial charge in [-0.1, -0.05) is 24.3 Å². The number of carbonyl (C=O) groups is 1. The van der Waals surface area contributed by atoms with Crippen LogP contribution in [0.4, 0.5) is 4.79 Å². The first-order valence-corrected chi connectivity index (χ1v) is 9.91. The summed E-state index contributed by atoms with van der Waals surface area (Å²) in [5.74, 6) is 0. The van der Waals surface area contributed by atoms with E-state index in [9.17, 15) is 9.90 Å². The predicted octanol–water partition coefficient (Wildman–Crippen LogP) is 3.15. The molecular formula is C22H27N3O2. The summed E-state index contributed by atoms with van der Waals surface area (Å²) >= 11 is 0. The minimum absolute atomic E-state index is 0.0595. The van der Waals surface area contributed by atoms with Gasteiger partial charge in [0.2, 0.25) is 0 Å². The van der Waals surface area contributed by atoms with Crippen molar-refractivity contribution < 1.29 is 9.90 Å². The lowest BCUT2D eigenvalue weighted by molar-refractivity contribution is -0.0203. The lowest BCUT2D eigenvalue weighted by Crippen LogP contribution is -2.48. The Morgan fingerprint density at radius 1 is 1.11 bits per heavy atom. The van der Waals surface area contributed by atoms with Crippen molar-refractivity contribution in [2.24, 2.45) is 0 Å². The highest BCUT2D eigenvalue weighted by atomic mass is 16.3. The number of nitrogens with one attached hydrogen (secondary N) is 1. The van der Waals surface area contributed by atoms with E-state index in [0.29, 0.717) is 38.2 Å². The molecule has 1 aromatic heterocycles. The van der Waals surface area contributed by atoms with E-state index in [1.807, 2.05) is 18.2 Å². The van der Waals surface area contributed by atoms with Crippen molar-refractivity contribution in [3.63, 3.8) is 0 Å². The van der Waals surface area contributed by atoms with Crippen molar-refractivity contribution in [1.29, 1.82) is 0 Å². The minimum Gasteiger partial charge on any atom is -0.383 e. The predicted molar refractivity (Wildman–Crippen MR) is 104 cm³/mol. The minimum atomic E-state index is -0.934. The van der Waals surface area contributed by atoms with Crippen LogP contribution in [0.15, 0.2) is 42.6 Å². The zero-order valence-electron chi connectivity index (χ0n) is 15.7. The number of aliphatic hydroxyl groups is 1. The van der Waals surface area contributed by atoms with Gasteiger partial charge >= 0.3 is 6.03 Å². The molecule has 0 bridgehead atoms. The summed E-state index contributed by atoms with van der Waals surface area (Å²) in [6.07, 6.45) is 7.58. The van der Waals surface area contributed by atoms with Gasteiger partial charge in [0, 0.05) is 25.8 Å². The molecule has 0 atom stereocenters. The fourth-order valence-corrected chi connectivity index (χ4v) is 4.16. The maximum atomic E-state index is 12.5. The van der Waals surface area contributed by atoms with E-state index in [-0.39, 0.29) is 6.03 Å². The van der Waals surface area contributed by atoms with Crippen LogP contribution in [-0.2, 0) is 25.0 Å². The topological polar surface area (TPSA) is 65.5 Å². The number of fused-ring (bicyclic) bond motifs is 1. The molecule has 2 amide bonds. The van der Waals surface area contributed by atoms with E-state index in [1.54, 1.807) is 11.1 Å². The Labute approximate surface area is 160 Å². The number of benzene rings is 1. The third-order valence-corrected chi connectivity index (χ3v) is 5.88. The van der Waals surface area contributed by atoms with Crippen LogP contribution < -0.4 is 5.32 Å². The number of carbonyl (C=O) groups excluding carboxylic acids is 1. The molecule has 2 aliphatic rings. The van der Waals surface area contributed by atoms with Gasteiger partial charge in [-0.3, -0.25) is 4.98 Å². The van der Waals surface area contributed by atoms with Gasteiger partial charge in [-0.05, 0) is 67.3 Å². The fraction of sp³-hybridized carbons (Fsp3) is 0.455. The molecule has 4 rings (SSSR count). The monoisotopic (exact) mass is 365 g/mol. The molecule has 1 aliphatic carbocycles. The maximum Gasteiger partial charge on any atom is 0.317 e. The van der Waals surface area contributed by atoms with Gasteiger partial charge in [0.15, 0.2) is 0 Å². The molecule has 142 valence electrons. The van der Waals surface area contributed by atoms with E-state index >= 15 is 0 Å². The van der Waals surface area contributed by atoms with Gasteiger partial charge in [0.25, 0.3) is 0 Å². The first-order chi connectivity index (χ1) is 13.1. The summed E-state index contributed by atoms with van der Waals surface area (Å²) in [6, 6.07) is 12.1. The molecule has 27 heavy (non-hydrogen) atoms. The SMILES string of the molecule is O=C(NCc1ccc2c(c1)CCCC2)N1CCC(O)(c2ccccn2)CC1. The van der Waals surface area contributed by atoms with Crippen LogP contribution >= 0.6 is 0 Å². The number of hydrogen-bond acceptors (Lipinski definition) is 3. The summed E-state index contributed by atoms with van der Waals surface area (Å²) in [5, 5.41) is 13.9. The number of pyridine rings is 1. The Balaban J connectivity index is 1.31. The first-order valence-electron chi connectivity index (χ1n) is 9.91. The van der Waals surface area contributed by atoms with Gasteiger partial charge in [-0.15, -0.1) is 0 Å². The number of amides is 2. The zero-order chi connectivity index (χ0) is 18.7. The summed E-state index contributed by atoms with van der Waals surface area (Å²) < 4.78 is 0. The number of piperidine rings is 1. The molecule has 0 spiro atoms. The van der Waals surface area contributed by atoms with E-state index in [1.165, 1.54) is 30.4 Å². The smallest absolute Gasteiger partial charge is 0.317 e. The third kappa shape index (κ3) is 3.98. The highest BCUT2D eigenvalue weighted by Gasteiger charge is 2.36. The van der Waals surface area contributed by atoms with E-state index in [4.69, 9.17) is 0 Å². The normalized spacial score (nSPS) is 18.6. The molecule has 2 N–H and O–H groups in total. The molecule has 1 aromatic carbocycles. The summed E-state index contributed by atoms with van der Waals surface area (Å²) in [4.78, 5) is 18.6. The van der Waals surface area contributed by atoms with E-state index < -0.39 is 5.60 Å².